The third-order valence-corrected chi connectivity index (χ3v) is 4.29. The number of morpholine rings is 1. The maximum Gasteiger partial charge on any atom is 0.118 e. The molecule has 1 aromatic carbocycles. The van der Waals surface area contributed by atoms with Crippen LogP contribution < -0.4 is 4.74 Å². The molecule has 1 unspecified atom stereocenters. The van der Waals surface area contributed by atoms with E-state index in [0.717, 1.165) is 56.4 Å². The van der Waals surface area contributed by atoms with E-state index in [0.29, 0.717) is 0 Å². The van der Waals surface area contributed by atoms with Crippen molar-refractivity contribution in [1.82, 2.24) is 4.90 Å². The van der Waals surface area contributed by atoms with Gasteiger partial charge in [-0.25, -0.2) is 0 Å². The Morgan fingerprint density at radius 2 is 1.91 bits per heavy atom. The molecule has 1 aromatic heterocycles. The molecule has 0 radical (unpaired) electrons. The summed E-state index contributed by atoms with van der Waals surface area (Å²) in [6.07, 6.45) is 2.11. The Bertz CT molecular complexity index is 605. The number of aryl methyl sites for hydroxylation is 1. The lowest BCUT2D eigenvalue weighted by atomic mass is 10.1. The number of furan rings is 1. The van der Waals surface area contributed by atoms with Crippen molar-refractivity contribution in [3.05, 3.63) is 53.5 Å². The monoisotopic (exact) mass is 315 g/mol. The van der Waals surface area contributed by atoms with Gasteiger partial charge in [0, 0.05) is 19.5 Å². The molecule has 0 N–H and O–H groups in total. The highest BCUT2D eigenvalue weighted by atomic mass is 16.5. The molecule has 0 aliphatic carbocycles. The highest BCUT2D eigenvalue weighted by Gasteiger charge is 2.21. The molecule has 1 aliphatic heterocycles. The van der Waals surface area contributed by atoms with Crippen molar-refractivity contribution in [3.63, 3.8) is 0 Å². The standard InChI is InChI=1S/C19H25NO3/c1-3-16-8-9-18(23-16)13-20-10-11-22-19(14-20)12-15-4-6-17(21-2)7-5-15/h4-9,19H,3,10-14H2,1-2H3. The predicted octanol–water partition coefficient (Wildman–Crippen LogP) is 3.29. The van der Waals surface area contributed by atoms with E-state index in [1.807, 2.05) is 12.1 Å². The summed E-state index contributed by atoms with van der Waals surface area (Å²) in [7, 11) is 1.69. The summed E-state index contributed by atoms with van der Waals surface area (Å²) in [4.78, 5) is 2.41. The van der Waals surface area contributed by atoms with Crippen LogP contribution >= 0.6 is 0 Å². The minimum Gasteiger partial charge on any atom is -0.497 e. The van der Waals surface area contributed by atoms with Gasteiger partial charge in [-0.3, -0.25) is 4.90 Å². The van der Waals surface area contributed by atoms with Gasteiger partial charge in [-0.1, -0.05) is 19.1 Å². The van der Waals surface area contributed by atoms with Gasteiger partial charge in [-0.15, -0.1) is 0 Å². The Hall–Kier alpha value is -1.78. The molecular formula is C19H25NO3. The van der Waals surface area contributed by atoms with Crippen LogP contribution in [-0.4, -0.2) is 37.8 Å². The van der Waals surface area contributed by atoms with Gasteiger partial charge in [0.1, 0.15) is 17.3 Å². The quantitative estimate of drug-likeness (QED) is 0.819. The molecule has 4 heteroatoms. The van der Waals surface area contributed by atoms with Crippen molar-refractivity contribution in [2.75, 3.05) is 26.8 Å². The lowest BCUT2D eigenvalue weighted by Gasteiger charge is -2.32. The fraction of sp³-hybridized carbons (Fsp3) is 0.474. The smallest absolute Gasteiger partial charge is 0.118 e. The molecule has 0 bridgehead atoms. The highest BCUT2D eigenvalue weighted by Crippen LogP contribution is 2.18. The molecule has 2 heterocycles. The third-order valence-electron chi connectivity index (χ3n) is 4.29. The van der Waals surface area contributed by atoms with Crippen LogP contribution in [0.2, 0.25) is 0 Å². The molecule has 124 valence electrons. The molecule has 1 aliphatic rings. The van der Waals surface area contributed by atoms with E-state index in [2.05, 4.69) is 36.1 Å². The van der Waals surface area contributed by atoms with Crippen LogP contribution in [0.4, 0.5) is 0 Å². The zero-order valence-electron chi connectivity index (χ0n) is 14.0. The first-order valence-electron chi connectivity index (χ1n) is 8.31. The molecule has 4 nitrogen and oxygen atoms in total. The first-order valence-corrected chi connectivity index (χ1v) is 8.31. The summed E-state index contributed by atoms with van der Waals surface area (Å²) < 4.78 is 17.0. The van der Waals surface area contributed by atoms with Gasteiger partial charge in [0.15, 0.2) is 0 Å². The Morgan fingerprint density at radius 3 is 2.61 bits per heavy atom. The van der Waals surface area contributed by atoms with Crippen molar-refractivity contribution in [3.8, 4) is 5.75 Å². The van der Waals surface area contributed by atoms with Gasteiger partial charge in [0.25, 0.3) is 0 Å². The van der Waals surface area contributed by atoms with Crippen molar-refractivity contribution in [2.24, 2.45) is 0 Å². The summed E-state index contributed by atoms with van der Waals surface area (Å²) >= 11 is 0. The van der Waals surface area contributed by atoms with E-state index in [9.17, 15) is 0 Å². The maximum atomic E-state index is 5.93. The first-order chi connectivity index (χ1) is 11.3. The van der Waals surface area contributed by atoms with Gasteiger partial charge < -0.3 is 13.9 Å². The molecule has 1 saturated heterocycles. The van der Waals surface area contributed by atoms with E-state index in [1.54, 1.807) is 7.11 Å². The Morgan fingerprint density at radius 1 is 1.13 bits per heavy atom. The van der Waals surface area contributed by atoms with E-state index >= 15 is 0 Å². The predicted molar refractivity (Wildman–Crippen MR) is 89.8 cm³/mol. The number of rotatable bonds is 6. The van der Waals surface area contributed by atoms with Crippen LogP contribution in [0, 0.1) is 0 Å². The van der Waals surface area contributed by atoms with Gasteiger partial charge in [0.2, 0.25) is 0 Å². The van der Waals surface area contributed by atoms with Gasteiger partial charge in [-0.05, 0) is 36.2 Å². The van der Waals surface area contributed by atoms with Crippen LogP contribution in [0.5, 0.6) is 5.75 Å². The molecule has 0 amide bonds. The summed E-state index contributed by atoms with van der Waals surface area (Å²) in [6.45, 7) is 5.66. The van der Waals surface area contributed by atoms with Gasteiger partial charge in [0.05, 0.1) is 26.4 Å². The minimum absolute atomic E-state index is 0.234. The fourth-order valence-corrected chi connectivity index (χ4v) is 2.99. The summed E-state index contributed by atoms with van der Waals surface area (Å²) in [5.41, 5.74) is 1.28. The highest BCUT2D eigenvalue weighted by molar-refractivity contribution is 5.27. The second kappa shape index (κ2) is 7.66. The van der Waals surface area contributed by atoms with Gasteiger partial charge in [-0.2, -0.15) is 0 Å². The SMILES string of the molecule is CCc1ccc(CN2CCOC(Cc3ccc(OC)cc3)C2)o1. The Balaban J connectivity index is 1.54. The normalized spacial score (nSPS) is 19.0. The topological polar surface area (TPSA) is 34.8 Å². The minimum atomic E-state index is 0.234. The Labute approximate surface area is 138 Å². The molecule has 2 aromatic rings. The maximum absolute atomic E-state index is 5.93. The van der Waals surface area contributed by atoms with Crippen LogP contribution in [0.15, 0.2) is 40.8 Å². The van der Waals surface area contributed by atoms with Crippen molar-refractivity contribution < 1.29 is 13.9 Å². The summed E-state index contributed by atoms with van der Waals surface area (Å²) in [5.74, 6) is 3.00. The number of hydrogen-bond donors (Lipinski definition) is 0. The van der Waals surface area contributed by atoms with E-state index in [4.69, 9.17) is 13.9 Å². The summed E-state index contributed by atoms with van der Waals surface area (Å²) in [5, 5.41) is 0. The molecule has 1 fully saturated rings. The molecule has 23 heavy (non-hydrogen) atoms. The zero-order chi connectivity index (χ0) is 16.1. The number of nitrogens with zero attached hydrogens (tertiary/aromatic N) is 1. The second-order valence-corrected chi connectivity index (χ2v) is 6.00. The number of ether oxygens (including phenoxy) is 2. The van der Waals surface area contributed by atoms with Crippen LogP contribution in [-0.2, 0) is 24.1 Å². The second-order valence-electron chi connectivity index (χ2n) is 6.00. The Kier molecular flexibility index (Phi) is 5.36. The van der Waals surface area contributed by atoms with E-state index in [-0.39, 0.29) is 6.10 Å². The van der Waals surface area contributed by atoms with Crippen LogP contribution in [0.25, 0.3) is 0 Å². The molecule has 3 rings (SSSR count). The lowest BCUT2D eigenvalue weighted by molar-refractivity contribution is -0.0323. The van der Waals surface area contributed by atoms with E-state index < -0.39 is 0 Å². The zero-order valence-corrected chi connectivity index (χ0v) is 14.0. The van der Waals surface area contributed by atoms with E-state index in [1.165, 1.54) is 5.56 Å². The van der Waals surface area contributed by atoms with Gasteiger partial charge >= 0.3 is 0 Å². The average Bonchev–Trinajstić information content (AvgIpc) is 3.03. The third kappa shape index (κ3) is 4.36. The number of methoxy groups -OCH3 is 1. The first kappa shape index (κ1) is 16.1. The van der Waals surface area contributed by atoms with Crippen LogP contribution in [0.3, 0.4) is 0 Å². The number of hydrogen-bond acceptors (Lipinski definition) is 4. The molecule has 0 spiro atoms. The number of benzene rings is 1. The van der Waals surface area contributed by atoms with Crippen molar-refractivity contribution in [2.45, 2.75) is 32.4 Å². The molecule has 1 atom stereocenters. The molecule has 0 saturated carbocycles. The lowest BCUT2D eigenvalue weighted by Crippen LogP contribution is -2.42. The fourth-order valence-electron chi connectivity index (χ4n) is 2.99. The van der Waals surface area contributed by atoms with Crippen molar-refractivity contribution >= 4 is 0 Å². The largest absolute Gasteiger partial charge is 0.497 e. The van der Waals surface area contributed by atoms with Crippen molar-refractivity contribution in [1.29, 1.82) is 0 Å². The summed E-state index contributed by atoms with van der Waals surface area (Å²) in [6, 6.07) is 12.4. The van der Waals surface area contributed by atoms with Crippen LogP contribution in [0.1, 0.15) is 24.0 Å². The average molecular weight is 315 g/mol. The molecular weight excluding hydrogens is 290 g/mol.